The number of halogens is 3. The largest absolute Gasteiger partial charge is 0.433 e. The van der Waals surface area contributed by atoms with Crippen molar-refractivity contribution in [2.24, 2.45) is 7.05 Å². The SMILES string of the molecule is Cn1nc(C(=O)N2CCNC(c3ccccc3)C2)cc1C(F)(F)F. The molecule has 1 atom stereocenters. The van der Waals surface area contributed by atoms with Crippen LogP contribution in [0, 0.1) is 0 Å². The number of benzene rings is 1. The zero-order valence-corrected chi connectivity index (χ0v) is 13.0. The van der Waals surface area contributed by atoms with E-state index in [0.717, 1.165) is 11.6 Å². The van der Waals surface area contributed by atoms with E-state index in [4.69, 9.17) is 0 Å². The highest BCUT2D eigenvalue weighted by atomic mass is 19.4. The number of nitrogens with one attached hydrogen (secondary N) is 1. The lowest BCUT2D eigenvalue weighted by atomic mass is 10.0. The summed E-state index contributed by atoms with van der Waals surface area (Å²) < 4.78 is 39.3. The van der Waals surface area contributed by atoms with Gasteiger partial charge in [-0.1, -0.05) is 30.3 Å². The van der Waals surface area contributed by atoms with Gasteiger partial charge in [-0.05, 0) is 5.56 Å². The number of alkyl halides is 3. The number of carbonyl (C=O) groups excluding carboxylic acids is 1. The van der Waals surface area contributed by atoms with E-state index in [1.165, 1.54) is 11.9 Å². The maximum atomic E-state index is 12.9. The van der Waals surface area contributed by atoms with Crippen molar-refractivity contribution < 1.29 is 18.0 Å². The lowest BCUT2D eigenvalue weighted by Gasteiger charge is -2.33. The van der Waals surface area contributed by atoms with Crippen LogP contribution >= 0.6 is 0 Å². The summed E-state index contributed by atoms with van der Waals surface area (Å²) >= 11 is 0. The minimum absolute atomic E-state index is 0.0466. The Morgan fingerprint density at radius 3 is 2.62 bits per heavy atom. The average molecular weight is 338 g/mol. The number of amides is 1. The molecular weight excluding hydrogens is 321 g/mol. The zero-order valence-electron chi connectivity index (χ0n) is 13.0. The van der Waals surface area contributed by atoms with Crippen LogP contribution in [0.2, 0.25) is 0 Å². The highest BCUT2D eigenvalue weighted by Gasteiger charge is 2.36. The smallest absolute Gasteiger partial charge is 0.334 e. The van der Waals surface area contributed by atoms with Crippen LogP contribution in [0.15, 0.2) is 36.4 Å². The van der Waals surface area contributed by atoms with Crippen molar-refractivity contribution in [3.63, 3.8) is 0 Å². The molecule has 2 aromatic rings. The van der Waals surface area contributed by atoms with Crippen molar-refractivity contribution in [2.45, 2.75) is 12.2 Å². The highest BCUT2D eigenvalue weighted by Crippen LogP contribution is 2.29. The van der Waals surface area contributed by atoms with Gasteiger partial charge in [-0.15, -0.1) is 0 Å². The lowest BCUT2D eigenvalue weighted by molar-refractivity contribution is -0.143. The van der Waals surface area contributed by atoms with Crippen LogP contribution in [0.3, 0.4) is 0 Å². The molecular formula is C16H17F3N4O. The summed E-state index contributed by atoms with van der Waals surface area (Å²) in [6.07, 6.45) is -4.53. The van der Waals surface area contributed by atoms with E-state index in [0.29, 0.717) is 24.3 Å². The molecule has 0 radical (unpaired) electrons. The van der Waals surface area contributed by atoms with Gasteiger partial charge in [0, 0.05) is 38.8 Å². The van der Waals surface area contributed by atoms with Crippen molar-refractivity contribution >= 4 is 5.91 Å². The molecule has 1 amide bonds. The third-order valence-electron chi connectivity index (χ3n) is 4.05. The number of nitrogens with zero attached hydrogens (tertiary/aromatic N) is 3. The van der Waals surface area contributed by atoms with Crippen molar-refractivity contribution in [1.82, 2.24) is 20.0 Å². The summed E-state index contributed by atoms with van der Waals surface area (Å²) in [5.41, 5.74) is -0.0777. The van der Waals surface area contributed by atoms with E-state index in [9.17, 15) is 18.0 Å². The Kier molecular flexibility index (Phi) is 4.31. The molecule has 1 N–H and O–H groups in total. The lowest BCUT2D eigenvalue weighted by Crippen LogP contribution is -2.48. The summed E-state index contributed by atoms with van der Waals surface area (Å²) in [6, 6.07) is 10.4. The van der Waals surface area contributed by atoms with Gasteiger partial charge in [-0.25, -0.2) is 0 Å². The standard InChI is InChI=1S/C16H17F3N4O/c1-22-14(16(17,18)19)9-12(21-22)15(24)23-8-7-20-13(10-23)11-5-3-2-4-6-11/h2-6,9,13,20H,7-8,10H2,1H3. The Labute approximate surface area is 137 Å². The molecule has 1 unspecified atom stereocenters. The van der Waals surface area contributed by atoms with Gasteiger partial charge in [0.25, 0.3) is 5.91 Å². The van der Waals surface area contributed by atoms with Crippen molar-refractivity contribution in [3.8, 4) is 0 Å². The second-order valence-electron chi connectivity index (χ2n) is 5.70. The topological polar surface area (TPSA) is 50.2 Å². The summed E-state index contributed by atoms with van der Waals surface area (Å²) in [7, 11) is 1.18. The van der Waals surface area contributed by atoms with Crippen molar-refractivity contribution in [3.05, 3.63) is 53.3 Å². The van der Waals surface area contributed by atoms with Gasteiger partial charge in [0.05, 0.1) is 0 Å². The van der Waals surface area contributed by atoms with Crippen molar-refractivity contribution in [2.75, 3.05) is 19.6 Å². The van der Waals surface area contributed by atoms with Crippen LogP contribution in [0.1, 0.15) is 27.8 Å². The first-order valence-electron chi connectivity index (χ1n) is 7.55. The fraction of sp³-hybridized carbons (Fsp3) is 0.375. The minimum Gasteiger partial charge on any atom is -0.334 e. The molecule has 0 spiro atoms. The van der Waals surface area contributed by atoms with E-state index < -0.39 is 17.8 Å². The second kappa shape index (κ2) is 6.27. The molecule has 1 aliphatic heterocycles. The van der Waals surface area contributed by atoms with Crippen LogP contribution < -0.4 is 5.32 Å². The van der Waals surface area contributed by atoms with Gasteiger partial charge in [-0.2, -0.15) is 18.3 Å². The third kappa shape index (κ3) is 3.28. The van der Waals surface area contributed by atoms with Crippen LogP contribution in [0.4, 0.5) is 13.2 Å². The Morgan fingerprint density at radius 1 is 1.29 bits per heavy atom. The fourth-order valence-corrected chi connectivity index (χ4v) is 2.84. The number of carbonyl (C=O) groups is 1. The molecule has 1 aliphatic rings. The number of piperazine rings is 1. The second-order valence-corrected chi connectivity index (χ2v) is 5.70. The summed E-state index contributed by atoms with van der Waals surface area (Å²) in [4.78, 5) is 14.1. The molecule has 24 heavy (non-hydrogen) atoms. The van der Waals surface area contributed by atoms with Gasteiger partial charge >= 0.3 is 6.18 Å². The van der Waals surface area contributed by atoms with Gasteiger partial charge < -0.3 is 10.2 Å². The number of aromatic nitrogens is 2. The number of hydrogen-bond acceptors (Lipinski definition) is 3. The molecule has 1 fully saturated rings. The van der Waals surface area contributed by atoms with E-state index in [2.05, 4.69) is 10.4 Å². The van der Waals surface area contributed by atoms with E-state index in [1.807, 2.05) is 30.3 Å². The molecule has 0 aliphatic carbocycles. The quantitative estimate of drug-likeness (QED) is 0.914. The van der Waals surface area contributed by atoms with Crippen LogP contribution in [0.5, 0.6) is 0 Å². The van der Waals surface area contributed by atoms with Gasteiger partial charge in [0.15, 0.2) is 5.69 Å². The Balaban J connectivity index is 1.78. The summed E-state index contributed by atoms with van der Waals surface area (Å²) in [5, 5.41) is 7.05. The van der Waals surface area contributed by atoms with Gasteiger partial charge in [0.2, 0.25) is 0 Å². The first kappa shape index (κ1) is 16.5. The predicted molar refractivity (Wildman–Crippen MR) is 81.3 cm³/mol. The van der Waals surface area contributed by atoms with Gasteiger partial charge in [0.1, 0.15) is 5.69 Å². The normalized spacial score (nSPS) is 18.7. The molecule has 5 nitrogen and oxygen atoms in total. The molecule has 128 valence electrons. The fourth-order valence-electron chi connectivity index (χ4n) is 2.84. The maximum absolute atomic E-state index is 12.9. The first-order chi connectivity index (χ1) is 11.4. The van der Waals surface area contributed by atoms with Crippen LogP contribution in [-0.2, 0) is 13.2 Å². The Morgan fingerprint density at radius 2 is 2.00 bits per heavy atom. The number of hydrogen-bond donors (Lipinski definition) is 1. The zero-order chi connectivity index (χ0) is 17.3. The molecule has 1 saturated heterocycles. The Bertz CT molecular complexity index is 727. The van der Waals surface area contributed by atoms with E-state index >= 15 is 0 Å². The molecule has 0 saturated carbocycles. The Hall–Kier alpha value is -2.35. The molecule has 2 heterocycles. The van der Waals surface area contributed by atoms with Crippen molar-refractivity contribution in [1.29, 1.82) is 0 Å². The molecule has 1 aromatic carbocycles. The highest BCUT2D eigenvalue weighted by molar-refractivity contribution is 5.92. The number of aryl methyl sites for hydroxylation is 1. The molecule has 3 rings (SSSR count). The minimum atomic E-state index is -4.53. The summed E-state index contributed by atoms with van der Waals surface area (Å²) in [5.74, 6) is -0.483. The summed E-state index contributed by atoms with van der Waals surface area (Å²) in [6.45, 7) is 1.39. The van der Waals surface area contributed by atoms with Crippen LogP contribution in [-0.4, -0.2) is 40.2 Å². The predicted octanol–water partition coefficient (Wildman–Crippen LogP) is 2.23. The molecule has 8 heteroatoms. The molecule has 0 bridgehead atoms. The molecule has 1 aromatic heterocycles. The third-order valence-corrected chi connectivity index (χ3v) is 4.05. The average Bonchev–Trinajstić information content (AvgIpc) is 2.97. The number of rotatable bonds is 2. The van der Waals surface area contributed by atoms with E-state index in [-0.39, 0.29) is 11.7 Å². The van der Waals surface area contributed by atoms with E-state index in [1.54, 1.807) is 0 Å². The first-order valence-corrected chi connectivity index (χ1v) is 7.55. The maximum Gasteiger partial charge on any atom is 0.433 e. The van der Waals surface area contributed by atoms with Crippen LogP contribution in [0.25, 0.3) is 0 Å². The monoisotopic (exact) mass is 338 g/mol. The van der Waals surface area contributed by atoms with Gasteiger partial charge in [-0.3, -0.25) is 9.48 Å².